The van der Waals surface area contributed by atoms with Crippen LogP contribution in [0.2, 0.25) is 0 Å². The van der Waals surface area contributed by atoms with Gasteiger partial charge in [-0.25, -0.2) is 0 Å². The lowest BCUT2D eigenvalue weighted by Gasteiger charge is -2.06. The van der Waals surface area contributed by atoms with Gasteiger partial charge < -0.3 is 9.84 Å². The molecule has 4 nitrogen and oxygen atoms in total. The van der Waals surface area contributed by atoms with E-state index in [1.165, 1.54) is 25.7 Å². The van der Waals surface area contributed by atoms with Crippen LogP contribution in [0.5, 0.6) is 0 Å². The summed E-state index contributed by atoms with van der Waals surface area (Å²) in [5.74, 6) is 3.40. The Balaban J connectivity index is 1.93. The summed E-state index contributed by atoms with van der Waals surface area (Å²) in [7, 11) is 0. The summed E-state index contributed by atoms with van der Waals surface area (Å²) < 4.78 is 5.40. The number of hydrogen-bond acceptors (Lipinski definition) is 4. The highest BCUT2D eigenvalue weighted by atomic mass is 16.5. The summed E-state index contributed by atoms with van der Waals surface area (Å²) in [6.07, 6.45) is 5.05. The lowest BCUT2D eigenvalue weighted by atomic mass is 10.0. The molecule has 0 spiro atoms. The Morgan fingerprint density at radius 1 is 1.39 bits per heavy atom. The van der Waals surface area contributed by atoms with Gasteiger partial charge in [0, 0.05) is 18.4 Å². The first-order valence-electron chi connectivity index (χ1n) is 7.28. The number of rotatable bonds is 6. The average molecular weight is 251 g/mol. The first-order valence-corrected chi connectivity index (χ1v) is 7.28. The Morgan fingerprint density at radius 2 is 2.22 bits per heavy atom. The minimum absolute atomic E-state index is 0.301. The smallest absolute Gasteiger partial charge is 0.230 e. The zero-order valence-corrected chi connectivity index (χ0v) is 11.8. The second-order valence-electron chi connectivity index (χ2n) is 5.48. The fraction of sp³-hybridized carbons (Fsp3) is 0.857. The van der Waals surface area contributed by atoms with E-state index in [0.717, 1.165) is 30.7 Å². The summed E-state index contributed by atoms with van der Waals surface area (Å²) in [4.78, 5) is 4.60. The van der Waals surface area contributed by atoms with Crippen molar-refractivity contribution in [1.29, 1.82) is 0 Å². The zero-order chi connectivity index (χ0) is 13.0. The van der Waals surface area contributed by atoms with Gasteiger partial charge in [-0.15, -0.1) is 0 Å². The van der Waals surface area contributed by atoms with Crippen molar-refractivity contribution in [3.05, 3.63) is 11.7 Å². The molecule has 1 aliphatic rings. The maximum Gasteiger partial charge on any atom is 0.230 e. The second-order valence-corrected chi connectivity index (χ2v) is 5.48. The molecule has 1 heterocycles. The van der Waals surface area contributed by atoms with Crippen LogP contribution >= 0.6 is 0 Å². The molecule has 3 atom stereocenters. The van der Waals surface area contributed by atoms with Gasteiger partial charge in [0.15, 0.2) is 5.82 Å². The molecule has 0 amide bonds. The van der Waals surface area contributed by atoms with Gasteiger partial charge in [0.2, 0.25) is 5.89 Å². The quantitative estimate of drug-likeness (QED) is 0.844. The van der Waals surface area contributed by atoms with Gasteiger partial charge in [0.05, 0.1) is 0 Å². The van der Waals surface area contributed by atoms with Crippen LogP contribution < -0.4 is 5.32 Å². The van der Waals surface area contributed by atoms with E-state index >= 15 is 0 Å². The summed E-state index contributed by atoms with van der Waals surface area (Å²) in [5, 5.41) is 7.50. The number of nitrogens with zero attached hydrogens (tertiary/aromatic N) is 2. The Bertz CT molecular complexity index is 364. The molecule has 0 aromatic carbocycles. The molecule has 102 valence electrons. The van der Waals surface area contributed by atoms with Crippen LogP contribution in [0.25, 0.3) is 0 Å². The van der Waals surface area contributed by atoms with Crippen LogP contribution in [-0.4, -0.2) is 23.2 Å². The Kier molecular flexibility index (Phi) is 4.75. The van der Waals surface area contributed by atoms with Crippen LogP contribution in [0.1, 0.15) is 70.0 Å². The average Bonchev–Trinajstić information content (AvgIpc) is 3.03. The first kappa shape index (κ1) is 13.5. The van der Waals surface area contributed by atoms with Crippen LogP contribution in [0, 0.1) is 5.92 Å². The van der Waals surface area contributed by atoms with Crippen molar-refractivity contribution < 1.29 is 4.52 Å². The molecule has 1 N–H and O–H groups in total. The minimum Gasteiger partial charge on any atom is -0.339 e. The monoisotopic (exact) mass is 251 g/mol. The third-order valence-corrected chi connectivity index (χ3v) is 4.06. The predicted octanol–water partition coefficient (Wildman–Crippen LogP) is 3.08. The highest BCUT2D eigenvalue weighted by Gasteiger charge is 2.28. The van der Waals surface area contributed by atoms with Crippen molar-refractivity contribution in [2.75, 3.05) is 13.1 Å². The lowest BCUT2D eigenvalue weighted by molar-refractivity contribution is 0.348. The molecule has 0 aliphatic heterocycles. The highest BCUT2D eigenvalue weighted by Crippen LogP contribution is 2.38. The number of aromatic nitrogens is 2. The molecule has 4 heteroatoms. The van der Waals surface area contributed by atoms with Crippen molar-refractivity contribution in [2.24, 2.45) is 5.92 Å². The summed E-state index contributed by atoms with van der Waals surface area (Å²) in [6, 6.07) is 0. The molecule has 18 heavy (non-hydrogen) atoms. The largest absolute Gasteiger partial charge is 0.339 e. The van der Waals surface area contributed by atoms with Crippen molar-refractivity contribution >= 4 is 0 Å². The molecule has 0 bridgehead atoms. The molecular weight excluding hydrogens is 226 g/mol. The van der Waals surface area contributed by atoms with Gasteiger partial charge in [-0.2, -0.15) is 4.98 Å². The van der Waals surface area contributed by atoms with Crippen molar-refractivity contribution in [3.8, 4) is 0 Å². The van der Waals surface area contributed by atoms with Gasteiger partial charge >= 0.3 is 0 Å². The van der Waals surface area contributed by atoms with E-state index in [1.807, 2.05) is 0 Å². The number of nitrogens with one attached hydrogen (secondary N) is 1. The van der Waals surface area contributed by atoms with E-state index < -0.39 is 0 Å². The molecule has 1 fully saturated rings. The molecule has 1 aromatic rings. The third kappa shape index (κ3) is 3.10. The van der Waals surface area contributed by atoms with Crippen LogP contribution in [0.3, 0.4) is 0 Å². The van der Waals surface area contributed by atoms with Gasteiger partial charge in [-0.05, 0) is 31.7 Å². The van der Waals surface area contributed by atoms with Gasteiger partial charge in [-0.1, -0.05) is 32.3 Å². The highest BCUT2D eigenvalue weighted by molar-refractivity contribution is 5.01. The van der Waals surface area contributed by atoms with Gasteiger partial charge in [0.1, 0.15) is 0 Å². The number of hydrogen-bond donors (Lipinski definition) is 1. The standard InChI is InChI=1S/C14H25N3O/c1-4-11-6-7-12(8-11)13-16-14(18-17-13)10(3)9-15-5-2/h10-12,15H,4-9H2,1-3H3. The van der Waals surface area contributed by atoms with Crippen molar-refractivity contribution in [2.45, 2.75) is 58.3 Å². The number of likely N-dealkylation sites (N-methyl/N-ethyl adjacent to an activating group) is 1. The van der Waals surface area contributed by atoms with Gasteiger partial charge in [-0.3, -0.25) is 0 Å². The molecule has 1 saturated carbocycles. The SMILES string of the molecule is CCNCC(C)c1nc(C2CCC(CC)C2)no1. The molecule has 2 rings (SSSR count). The molecular formula is C14H25N3O. The van der Waals surface area contributed by atoms with Crippen molar-refractivity contribution in [3.63, 3.8) is 0 Å². The fourth-order valence-electron chi connectivity index (χ4n) is 2.74. The Morgan fingerprint density at radius 3 is 2.89 bits per heavy atom. The second kappa shape index (κ2) is 6.32. The lowest BCUT2D eigenvalue weighted by Crippen LogP contribution is -2.19. The minimum atomic E-state index is 0.301. The zero-order valence-electron chi connectivity index (χ0n) is 11.8. The summed E-state index contributed by atoms with van der Waals surface area (Å²) in [6.45, 7) is 8.39. The van der Waals surface area contributed by atoms with E-state index in [0.29, 0.717) is 11.8 Å². The molecule has 1 aromatic heterocycles. The van der Waals surface area contributed by atoms with Crippen LogP contribution in [-0.2, 0) is 0 Å². The van der Waals surface area contributed by atoms with Gasteiger partial charge in [0.25, 0.3) is 0 Å². The molecule has 3 unspecified atom stereocenters. The maximum atomic E-state index is 5.40. The van der Waals surface area contributed by atoms with E-state index in [1.54, 1.807) is 0 Å². The molecule has 0 radical (unpaired) electrons. The first-order chi connectivity index (χ1) is 8.74. The third-order valence-electron chi connectivity index (χ3n) is 4.06. The van der Waals surface area contributed by atoms with E-state index in [2.05, 4.69) is 36.2 Å². The normalized spacial score (nSPS) is 25.5. The topological polar surface area (TPSA) is 51.0 Å². The fourth-order valence-corrected chi connectivity index (χ4v) is 2.74. The van der Waals surface area contributed by atoms with E-state index in [4.69, 9.17) is 4.52 Å². The predicted molar refractivity (Wildman–Crippen MR) is 71.6 cm³/mol. The van der Waals surface area contributed by atoms with E-state index in [-0.39, 0.29) is 0 Å². The maximum absolute atomic E-state index is 5.40. The molecule has 1 aliphatic carbocycles. The van der Waals surface area contributed by atoms with Crippen LogP contribution in [0.4, 0.5) is 0 Å². The summed E-state index contributed by atoms with van der Waals surface area (Å²) >= 11 is 0. The Hall–Kier alpha value is -0.900. The van der Waals surface area contributed by atoms with E-state index in [9.17, 15) is 0 Å². The Labute approximate surface area is 110 Å². The van der Waals surface area contributed by atoms with Crippen molar-refractivity contribution in [1.82, 2.24) is 15.5 Å². The molecule has 0 saturated heterocycles. The van der Waals surface area contributed by atoms with Crippen LogP contribution in [0.15, 0.2) is 4.52 Å². The summed E-state index contributed by atoms with van der Waals surface area (Å²) in [5.41, 5.74) is 0.